The molecule has 0 atom stereocenters. The van der Waals surface area contributed by atoms with E-state index in [1.165, 1.54) is 22.7 Å². The summed E-state index contributed by atoms with van der Waals surface area (Å²) in [5, 5.41) is 4.39. The fourth-order valence-electron chi connectivity index (χ4n) is 3.48. The third-order valence-corrected chi connectivity index (χ3v) is 7.31. The van der Waals surface area contributed by atoms with Gasteiger partial charge in [-0.1, -0.05) is 72.3 Å². The van der Waals surface area contributed by atoms with Gasteiger partial charge in [0.05, 0.1) is 24.1 Å². The zero-order valence-electron chi connectivity index (χ0n) is 19.2. The zero-order chi connectivity index (χ0) is 25.4. The molecule has 0 spiro atoms. The molecule has 36 heavy (non-hydrogen) atoms. The first-order valence-corrected chi connectivity index (χ1v) is 13.0. The molecule has 0 bridgehead atoms. The predicted octanol–water partition coefficient (Wildman–Crippen LogP) is 5.02. The Morgan fingerprint density at radius 3 is 2.17 bits per heavy atom. The van der Waals surface area contributed by atoms with Crippen molar-refractivity contribution in [2.75, 3.05) is 0 Å². The van der Waals surface area contributed by atoms with Gasteiger partial charge in [-0.2, -0.15) is 9.41 Å². The monoisotopic (exact) mass is 521 g/mol. The molecule has 9 heteroatoms. The average molecular weight is 522 g/mol. The van der Waals surface area contributed by atoms with E-state index in [0.29, 0.717) is 16.5 Å². The van der Waals surface area contributed by atoms with Gasteiger partial charge in [0, 0.05) is 11.6 Å². The van der Waals surface area contributed by atoms with Crippen molar-refractivity contribution >= 4 is 33.7 Å². The summed E-state index contributed by atoms with van der Waals surface area (Å²) >= 11 is 5.94. The van der Waals surface area contributed by atoms with Gasteiger partial charge in [-0.3, -0.25) is 4.79 Å². The highest BCUT2D eigenvalue weighted by Crippen LogP contribution is 2.23. The van der Waals surface area contributed by atoms with E-state index in [1.807, 2.05) is 60.7 Å². The van der Waals surface area contributed by atoms with Crippen LogP contribution in [0, 0.1) is 0 Å². The first kappa shape index (κ1) is 25.4. The second-order valence-electron chi connectivity index (χ2n) is 7.97. The lowest BCUT2D eigenvalue weighted by atomic mass is 10.1. The highest BCUT2D eigenvalue weighted by molar-refractivity contribution is 7.89. The van der Waals surface area contributed by atoms with Crippen LogP contribution in [0.2, 0.25) is 5.02 Å². The highest BCUT2D eigenvalue weighted by atomic mass is 35.5. The molecule has 7 nitrogen and oxygen atoms in total. The van der Waals surface area contributed by atoms with Crippen LogP contribution in [0.4, 0.5) is 0 Å². The lowest BCUT2D eigenvalue weighted by molar-refractivity contribution is -0.120. The largest absolute Gasteiger partial charge is 0.459 e. The SMILES string of the molecule is O=C(Cc1ccccc1)N/N=C\c1ccc(CN(Cc2ccccc2)S(=O)(=O)c2ccc(Cl)cc2)o1. The molecule has 0 aliphatic carbocycles. The number of benzene rings is 3. The molecular formula is C27H24ClN3O4S. The molecule has 0 unspecified atom stereocenters. The Morgan fingerprint density at radius 1 is 0.861 bits per heavy atom. The first-order chi connectivity index (χ1) is 17.4. The fraction of sp³-hybridized carbons (Fsp3) is 0.111. The van der Waals surface area contributed by atoms with Crippen molar-refractivity contribution in [3.05, 3.63) is 125 Å². The van der Waals surface area contributed by atoms with E-state index in [0.717, 1.165) is 11.1 Å². The lowest BCUT2D eigenvalue weighted by Crippen LogP contribution is -2.30. The third kappa shape index (κ3) is 6.91. The predicted molar refractivity (Wildman–Crippen MR) is 139 cm³/mol. The second kappa shape index (κ2) is 11.8. The van der Waals surface area contributed by atoms with Crippen LogP contribution in [0.5, 0.6) is 0 Å². The van der Waals surface area contributed by atoms with Crippen LogP contribution in [0.3, 0.4) is 0 Å². The van der Waals surface area contributed by atoms with Crippen LogP contribution in [-0.2, 0) is 34.3 Å². The number of carbonyl (C=O) groups excluding carboxylic acids is 1. The van der Waals surface area contributed by atoms with Crippen LogP contribution in [0.1, 0.15) is 22.6 Å². The number of rotatable bonds is 10. The smallest absolute Gasteiger partial charge is 0.244 e. The number of hydrogen-bond acceptors (Lipinski definition) is 5. The normalized spacial score (nSPS) is 11.7. The van der Waals surface area contributed by atoms with Crippen molar-refractivity contribution in [2.45, 2.75) is 24.4 Å². The quantitative estimate of drug-likeness (QED) is 0.234. The van der Waals surface area contributed by atoms with E-state index < -0.39 is 10.0 Å². The molecule has 0 aliphatic rings. The van der Waals surface area contributed by atoms with Crippen molar-refractivity contribution in [1.29, 1.82) is 0 Å². The summed E-state index contributed by atoms with van der Waals surface area (Å²) in [6.07, 6.45) is 1.58. The minimum atomic E-state index is -3.84. The number of nitrogens with one attached hydrogen (secondary N) is 1. The topological polar surface area (TPSA) is 92.0 Å². The van der Waals surface area contributed by atoms with Gasteiger partial charge < -0.3 is 4.42 Å². The summed E-state index contributed by atoms with van der Waals surface area (Å²) in [7, 11) is -3.84. The van der Waals surface area contributed by atoms with E-state index >= 15 is 0 Å². The van der Waals surface area contributed by atoms with Gasteiger partial charge in [0.15, 0.2) is 0 Å². The van der Waals surface area contributed by atoms with Crippen molar-refractivity contribution in [2.24, 2.45) is 5.10 Å². The Balaban J connectivity index is 1.46. The number of amides is 1. The maximum atomic E-state index is 13.4. The Bertz CT molecular complexity index is 1420. The van der Waals surface area contributed by atoms with E-state index in [2.05, 4.69) is 10.5 Å². The van der Waals surface area contributed by atoms with E-state index in [9.17, 15) is 13.2 Å². The van der Waals surface area contributed by atoms with Crippen LogP contribution in [0.25, 0.3) is 0 Å². The number of sulfonamides is 1. The third-order valence-electron chi connectivity index (χ3n) is 5.26. The number of nitrogens with zero attached hydrogens (tertiary/aromatic N) is 2. The van der Waals surface area contributed by atoms with Crippen LogP contribution >= 0.6 is 11.6 Å². The van der Waals surface area contributed by atoms with E-state index in [1.54, 1.807) is 24.3 Å². The summed E-state index contributed by atoms with van der Waals surface area (Å²) in [6, 6.07) is 28.1. The number of furan rings is 1. The molecule has 0 aliphatic heterocycles. The molecule has 0 saturated heterocycles. The standard InChI is InChI=1S/C27H24ClN3O4S/c28-23-11-15-26(16-12-23)36(33,34)31(19-22-9-5-2-6-10-22)20-25-14-13-24(35-25)18-29-30-27(32)17-21-7-3-1-4-8-21/h1-16,18H,17,19-20H2,(H,30,32)/b29-18-. The molecule has 1 heterocycles. The molecule has 0 saturated carbocycles. The van der Waals surface area contributed by atoms with Crippen molar-refractivity contribution < 1.29 is 17.6 Å². The van der Waals surface area contributed by atoms with Gasteiger partial charge in [-0.05, 0) is 47.5 Å². The molecule has 4 aromatic rings. The number of carbonyl (C=O) groups is 1. The Morgan fingerprint density at radius 2 is 1.50 bits per heavy atom. The maximum absolute atomic E-state index is 13.4. The molecule has 1 amide bonds. The van der Waals surface area contributed by atoms with Crippen LogP contribution in [0.15, 0.2) is 111 Å². The summed E-state index contributed by atoms with van der Waals surface area (Å²) in [5.74, 6) is 0.557. The Kier molecular flexibility index (Phi) is 8.32. The molecule has 3 aromatic carbocycles. The van der Waals surface area contributed by atoms with Crippen molar-refractivity contribution in [3.8, 4) is 0 Å². The molecule has 4 rings (SSSR count). The van der Waals surface area contributed by atoms with Gasteiger partial charge in [0.25, 0.3) is 0 Å². The van der Waals surface area contributed by atoms with E-state index in [4.69, 9.17) is 16.0 Å². The summed E-state index contributed by atoms with van der Waals surface area (Å²) in [4.78, 5) is 12.2. The summed E-state index contributed by atoms with van der Waals surface area (Å²) in [6.45, 7) is 0.166. The Labute approximate surface area is 215 Å². The van der Waals surface area contributed by atoms with Gasteiger partial charge in [-0.25, -0.2) is 13.8 Å². The van der Waals surface area contributed by atoms with Crippen LogP contribution < -0.4 is 5.43 Å². The maximum Gasteiger partial charge on any atom is 0.244 e. The number of hydrogen-bond donors (Lipinski definition) is 1. The number of halogens is 1. The number of hydrazone groups is 1. The minimum Gasteiger partial charge on any atom is -0.459 e. The molecule has 0 radical (unpaired) electrons. The second-order valence-corrected chi connectivity index (χ2v) is 10.3. The summed E-state index contributed by atoms with van der Waals surface area (Å²) in [5.41, 5.74) is 4.18. The zero-order valence-corrected chi connectivity index (χ0v) is 20.8. The Hall–Kier alpha value is -3.72. The fourth-order valence-corrected chi connectivity index (χ4v) is 5.00. The van der Waals surface area contributed by atoms with Gasteiger partial charge >= 0.3 is 0 Å². The molecule has 184 valence electrons. The highest BCUT2D eigenvalue weighted by Gasteiger charge is 2.26. The summed E-state index contributed by atoms with van der Waals surface area (Å²) < 4.78 is 34.0. The van der Waals surface area contributed by atoms with Crippen molar-refractivity contribution in [3.63, 3.8) is 0 Å². The molecular weight excluding hydrogens is 498 g/mol. The minimum absolute atomic E-state index is 0.00800. The van der Waals surface area contributed by atoms with Crippen molar-refractivity contribution in [1.82, 2.24) is 9.73 Å². The van der Waals surface area contributed by atoms with Gasteiger partial charge in [-0.15, -0.1) is 0 Å². The lowest BCUT2D eigenvalue weighted by Gasteiger charge is -2.21. The van der Waals surface area contributed by atoms with Gasteiger partial charge in [0.2, 0.25) is 15.9 Å². The first-order valence-electron chi connectivity index (χ1n) is 11.1. The average Bonchev–Trinajstić information content (AvgIpc) is 3.32. The molecule has 1 N–H and O–H groups in total. The molecule has 0 fully saturated rings. The van der Waals surface area contributed by atoms with E-state index in [-0.39, 0.29) is 30.3 Å². The molecule has 1 aromatic heterocycles. The van der Waals surface area contributed by atoms with Crippen LogP contribution in [-0.4, -0.2) is 24.8 Å². The van der Waals surface area contributed by atoms with Gasteiger partial charge in [0.1, 0.15) is 11.5 Å².